The molecule has 0 fully saturated rings. The Balaban J connectivity index is 3.17. The van der Waals surface area contributed by atoms with Crippen molar-refractivity contribution in [3.05, 3.63) is 24.0 Å². The Morgan fingerprint density at radius 3 is 2.58 bits per heavy atom. The van der Waals surface area contributed by atoms with Crippen molar-refractivity contribution in [2.45, 2.75) is 6.92 Å². The molecule has 12 heavy (non-hydrogen) atoms. The highest BCUT2D eigenvalue weighted by molar-refractivity contribution is 5.97. The Bertz CT molecular complexity index is 294. The van der Waals surface area contributed by atoms with E-state index < -0.39 is 0 Å². The molecule has 0 spiro atoms. The van der Waals surface area contributed by atoms with Gasteiger partial charge in [0.25, 0.3) is 0 Å². The molecule has 3 heteroatoms. The maximum absolute atomic E-state index is 11.1. The fraction of sp³-hybridized carbons (Fsp3) is 0.333. The van der Waals surface area contributed by atoms with Crippen LogP contribution in [-0.2, 0) is 0 Å². The summed E-state index contributed by atoms with van der Waals surface area (Å²) in [5.74, 6) is -0.000648. The van der Waals surface area contributed by atoms with Crippen molar-refractivity contribution >= 4 is 11.5 Å². The normalized spacial score (nSPS) is 9.58. The van der Waals surface area contributed by atoms with Gasteiger partial charge in [0.15, 0.2) is 5.78 Å². The van der Waals surface area contributed by atoms with Crippen molar-refractivity contribution < 1.29 is 4.79 Å². The zero-order valence-corrected chi connectivity index (χ0v) is 7.53. The second-order valence-electron chi connectivity index (χ2n) is 2.82. The Labute approximate surface area is 72.0 Å². The molecule has 64 valence electrons. The molecule has 0 saturated heterocycles. The third-order valence-electron chi connectivity index (χ3n) is 1.60. The lowest BCUT2D eigenvalue weighted by Gasteiger charge is -2.14. The van der Waals surface area contributed by atoms with Crippen LogP contribution in [-0.4, -0.2) is 24.9 Å². The SMILES string of the molecule is CC(=O)c1ncccc1N(C)C. The number of carbonyl (C=O) groups excluding carboxylic acids is 1. The molecule has 0 aliphatic carbocycles. The van der Waals surface area contributed by atoms with Gasteiger partial charge in [-0.25, -0.2) is 0 Å². The Morgan fingerprint density at radius 1 is 1.50 bits per heavy atom. The maximum Gasteiger partial charge on any atom is 0.180 e. The number of pyridine rings is 1. The molecule has 0 N–H and O–H groups in total. The lowest BCUT2D eigenvalue weighted by molar-refractivity contribution is 0.101. The minimum atomic E-state index is -0.000648. The van der Waals surface area contributed by atoms with Crippen LogP contribution in [0.2, 0.25) is 0 Å². The average molecular weight is 164 g/mol. The molecule has 1 aromatic heterocycles. The predicted molar refractivity (Wildman–Crippen MR) is 48.6 cm³/mol. The van der Waals surface area contributed by atoms with Gasteiger partial charge in [-0.05, 0) is 12.1 Å². The van der Waals surface area contributed by atoms with Crippen LogP contribution >= 0.6 is 0 Å². The standard InChI is InChI=1S/C9H12N2O/c1-7(12)9-8(11(2)3)5-4-6-10-9/h4-6H,1-3H3. The Hall–Kier alpha value is -1.38. The molecule has 1 aromatic rings. The van der Waals surface area contributed by atoms with Gasteiger partial charge in [-0.3, -0.25) is 9.78 Å². The molecule has 0 aliphatic heterocycles. The predicted octanol–water partition coefficient (Wildman–Crippen LogP) is 1.35. The molecular weight excluding hydrogens is 152 g/mol. The van der Waals surface area contributed by atoms with Crippen LogP contribution in [0.1, 0.15) is 17.4 Å². The van der Waals surface area contributed by atoms with E-state index in [1.54, 1.807) is 6.20 Å². The smallest absolute Gasteiger partial charge is 0.180 e. The number of rotatable bonds is 2. The largest absolute Gasteiger partial charge is 0.376 e. The number of hydrogen-bond acceptors (Lipinski definition) is 3. The van der Waals surface area contributed by atoms with E-state index in [0.29, 0.717) is 5.69 Å². The summed E-state index contributed by atoms with van der Waals surface area (Å²) < 4.78 is 0. The summed E-state index contributed by atoms with van der Waals surface area (Å²) >= 11 is 0. The highest BCUT2D eigenvalue weighted by atomic mass is 16.1. The van der Waals surface area contributed by atoms with Gasteiger partial charge in [-0.1, -0.05) is 0 Å². The van der Waals surface area contributed by atoms with E-state index in [0.717, 1.165) is 5.69 Å². The lowest BCUT2D eigenvalue weighted by atomic mass is 10.2. The first-order chi connectivity index (χ1) is 5.63. The van der Waals surface area contributed by atoms with Crippen LogP contribution in [0.4, 0.5) is 5.69 Å². The number of aromatic nitrogens is 1. The van der Waals surface area contributed by atoms with Crippen molar-refractivity contribution in [2.75, 3.05) is 19.0 Å². The first-order valence-corrected chi connectivity index (χ1v) is 3.76. The van der Waals surface area contributed by atoms with Crippen LogP contribution in [0.3, 0.4) is 0 Å². The molecule has 0 saturated carbocycles. The summed E-state index contributed by atoms with van der Waals surface area (Å²) in [6.45, 7) is 1.52. The van der Waals surface area contributed by atoms with Gasteiger partial charge in [-0.15, -0.1) is 0 Å². The summed E-state index contributed by atoms with van der Waals surface area (Å²) in [4.78, 5) is 17.0. The molecular formula is C9H12N2O. The summed E-state index contributed by atoms with van der Waals surface area (Å²) in [7, 11) is 3.78. The number of carbonyl (C=O) groups is 1. The zero-order chi connectivity index (χ0) is 9.14. The van der Waals surface area contributed by atoms with Gasteiger partial charge in [0.2, 0.25) is 0 Å². The summed E-state index contributed by atoms with van der Waals surface area (Å²) in [5, 5.41) is 0. The minimum absolute atomic E-state index is 0.000648. The van der Waals surface area contributed by atoms with Gasteiger partial charge >= 0.3 is 0 Å². The fourth-order valence-corrected chi connectivity index (χ4v) is 1.03. The highest BCUT2D eigenvalue weighted by Gasteiger charge is 2.08. The molecule has 0 radical (unpaired) electrons. The second-order valence-corrected chi connectivity index (χ2v) is 2.82. The van der Waals surface area contributed by atoms with E-state index in [1.165, 1.54) is 6.92 Å². The van der Waals surface area contributed by atoms with Gasteiger partial charge < -0.3 is 4.90 Å². The molecule has 0 bridgehead atoms. The Kier molecular flexibility index (Phi) is 2.43. The number of Topliss-reactive ketones (excluding diaryl/α,β-unsaturated/α-hetero) is 1. The molecule has 0 atom stereocenters. The lowest BCUT2D eigenvalue weighted by Crippen LogP contribution is -2.13. The van der Waals surface area contributed by atoms with E-state index >= 15 is 0 Å². The third-order valence-corrected chi connectivity index (χ3v) is 1.60. The van der Waals surface area contributed by atoms with Crippen LogP contribution < -0.4 is 4.90 Å². The van der Waals surface area contributed by atoms with E-state index in [-0.39, 0.29) is 5.78 Å². The van der Waals surface area contributed by atoms with Crippen molar-refractivity contribution in [3.63, 3.8) is 0 Å². The van der Waals surface area contributed by atoms with Gasteiger partial charge in [0.05, 0.1) is 5.69 Å². The van der Waals surface area contributed by atoms with Crippen molar-refractivity contribution in [1.29, 1.82) is 0 Å². The topological polar surface area (TPSA) is 33.2 Å². The van der Waals surface area contributed by atoms with Crippen LogP contribution in [0.25, 0.3) is 0 Å². The van der Waals surface area contributed by atoms with Crippen molar-refractivity contribution in [1.82, 2.24) is 4.98 Å². The monoisotopic (exact) mass is 164 g/mol. The second kappa shape index (κ2) is 3.34. The van der Waals surface area contributed by atoms with Crippen LogP contribution in [0.5, 0.6) is 0 Å². The molecule has 1 rings (SSSR count). The molecule has 0 aromatic carbocycles. The zero-order valence-electron chi connectivity index (χ0n) is 7.53. The van der Waals surface area contributed by atoms with Crippen LogP contribution in [0, 0.1) is 0 Å². The van der Waals surface area contributed by atoms with Crippen LogP contribution in [0.15, 0.2) is 18.3 Å². The minimum Gasteiger partial charge on any atom is -0.376 e. The number of anilines is 1. The molecule has 0 aliphatic rings. The Morgan fingerprint density at radius 2 is 2.17 bits per heavy atom. The molecule has 0 unspecified atom stereocenters. The fourth-order valence-electron chi connectivity index (χ4n) is 1.03. The first-order valence-electron chi connectivity index (χ1n) is 3.76. The molecule has 1 heterocycles. The molecule has 3 nitrogen and oxygen atoms in total. The summed E-state index contributed by atoms with van der Waals surface area (Å²) in [5.41, 5.74) is 1.40. The van der Waals surface area contributed by atoms with E-state index in [2.05, 4.69) is 4.98 Å². The van der Waals surface area contributed by atoms with Gasteiger partial charge in [0.1, 0.15) is 5.69 Å². The van der Waals surface area contributed by atoms with Crippen molar-refractivity contribution in [2.24, 2.45) is 0 Å². The highest BCUT2D eigenvalue weighted by Crippen LogP contribution is 2.14. The molecule has 0 amide bonds. The summed E-state index contributed by atoms with van der Waals surface area (Å²) in [6.07, 6.45) is 1.63. The third kappa shape index (κ3) is 1.61. The van der Waals surface area contributed by atoms with Gasteiger partial charge in [-0.2, -0.15) is 0 Å². The van der Waals surface area contributed by atoms with Crippen molar-refractivity contribution in [3.8, 4) is 0 Å². The van der Waals surface area contributed by atoms with E-state index in [4.69, 9.17) is 0 Å². The maximum atomic E-state index is 11.1. The average Bonchev–Trinajstić information content (AvgIpc) is 2.04. The quantitative estimate of drug-likeness (QED) is 0.618. The number of hydrogen-bond donors (Lipinski definition) is 0. The summed E-state index contributed by atoms with van der Waals surface area (Å²) in [6, 6.07) is 3.70. The number of ketones is 1. The number of nitrogens with zero attached hydrogens (tertiary/aromatic N) is 2. The van der Waals surface area contributed by atoms with E-state index in [9.17, 15) is 4.79 Å². The van der Waals surface area contributed by atoms with E-state index in [1.807, 2.05) is 31.1 Å². The van der Waals surface area contributed by atoms with Gasteiger partial charge in [0, 0.05) is 27.2 Å². The first kappa shape index (κ1) is 8.71.